The van der Waals surface area contributed by atoms with Crippen molar-refractivity contribution >= 4 is 17.5 Å². The molecular weight excluding hydrogens is 354 g/mol. The molecule has 0 unspecified atom stereocenters. The van der Waals surface area contributed by atoms with E-state index >= 15 is 0 Å². The number of carbonyl (C=O) groups is 2. The minimum absolute atomic E-state index is 0.0250. The summed E-state index contributed by atoms with van der Waals surface area (Å²) >= 11 is 0. The third-order valence-corrected chi connectivity index (χ3v) is 6.67. The summed E-state index contributed by atoms with van der Waals surface area (Å²) in [6.45, 7) is 6.66. The van der Waals surface area contributed by atoms with Crippen molar-refractivity contribution in [2.24, 2.45) is 5.41 Å². The number of hydrogen-bond donors (Lipinski definition) is 0. The molecule has 2 aliphatic rings. The minimum atomic E-state index is -0.0399. The Balaban J connectivity index is 1.70. The van der Waals surface area contributed by atoms with Gasteiger partial charge in [0.15, 0.2) is 0 Å². The van der Waals surface area contributed by atoms with Crippen LogP contribution in [0.3, 0.4) is 0 Å². The summed E-state index contributed by atoms with van der Waals surface area (Å²) in [6, 6.07) is 5.48. The Morgan fingerprint density at radius 2 is 1.96 bits per heavy atom. The van der Waals surface area contributed by atoms with Gasteiger partial charge in [-0.25, -0.2) is 0 Å². The molecule has 6 nitrogen and oxygen atoms in total. The molecule has 154 valence electrons. The quantitative estimate of drug-likeness (QED) is 0.779. The molecule has 2 amide bonds. The van der Waals surface area contributed by atoms with Crippen molar-refractivity contribution < 1.29 is 14.3 Å². The van der Waals surface area contributed by atoms with E-state index in [0.717, 1.165) is 43.8 Å². The van der Waals surface area contributed by atoms with E-state index in [1.807, 2.05) is 24.1 Å². The zero-order valence-electron chi connectivity index (χ0n) is 17.8. The van der Waals surface area contributed by atoms with Crippen molar-refractivity contribution in [2.45, 2.75) is 45.6 Å². The monoisotopic (exact) mass is 387 g/mol. The molecule has 28 heavy (non-hydrogen) atoms. The normalized spacial score (nSPS) is 20.5. The Morgan fingerprint density at radius 3 is 2.57 bits per heavy atom. The third-order valence-electron chi connectivity index (χ3n) is 6.67. The Kier molecular flexibility index (Phi) is 5.87. The Labute approximate surface area is 168 Å². The fraction of sp³-hybridized carbons (Fsp3) is 0.636. The highest BCUT2D eigenvalue weighted by molar-refractivity contribution is 5.95. The highest BCUT2D eigenvalue weighted by Crippen LogP contribution is 2.38. The van der Waals surface area contributed by atoms with Gasteiger partial charge in [-0.1, -0.05) is 13.8 Å². The van der Waals surface area contributed by atoms with Gasteiger partial charge in [-0.2, -0.15) is 0 Å². The fourth-order valence-electron chi connectivity index (χ4n) is 4.30. The van der Waals surface area contributed by atoms with Gasteiger partial charge in [-0.05, 0) is 42.9 Å². The lowest BCUT2D eigenvalue weighted by Crippen LogP contribution is -2.44. The third kappa shape index (κ3) is 3.82. The zero-order chi connectivity index (χ0) is 20.5. The van der Waals surface area contributed by atoms with Crippen LogP contribution in [0.5, 0.6) is 5.75 Å². The van der Waals surface area contributed by atoms with Gasteiger partial charge >= 0.3 is 0 Å². The molecule has 2 heterocycles. The van der Waals surface area contributed by atoms with Crippen LogP contribution in [0.15, 0.2) is 18.2 Å². The van der Waals surface area contributed by atoms with Crippen LogP contribution >= 0.6 is 0 Å². The van der Waals surface area contributed by atoms with E-state index in [4.69, 9.17) is 4.74 Å². The molecule has 0 saturated carbocycles. The number of nitrogens with zero attached hydrogens (tertiary/aromatic N) is 3. The molecule has 0 N–H and O–H groups in total. The molecule has 0 bridgehead atoms. The summed E-state index contributed by atoms with van der Waals surface area (Å²) < 4.78 is 5.91. The van der Waals surface area contributed by atoms with Crippen molar-refractivity contribution in [1.29, 1.82) is 0 Å². The van der Waals surface area contributed by atoms with Gasteiger partial charge in [-0.3, -0.25) is 9.59 Å². The number of carbonyl (C=O) groups excluding carboxylic acids is 2. The van der Waals surface area contributed by atoms with Crippen LogP contribution in [0.2, 0.25) is 0 Å². The van der Waals surface area contributed by atoms with Crippen LogP contribution in [0.25, 0.3) is 0 Å². The number of likely N-dealkylation sites (N-methyl/N-ethyl adjacent to an activating group) is 1. The molecular formula is C22H33N3O3. The summed E-state index contributed by atoms with van der Waals surface area (Å²) in [5.74, 6) is 0.925. The van der Waals surface area contributed by atoms with Gasteiger partial charge in [0.05, 0.1) is 18.2 Å². The number of rotatable bonds is 5. The van der Waals surface area contributed by atoms with Gasteiger partial charge in [0.2, 0.25) is 5.91 Å². The maximum absolute atomic E-state index is 12.9. The summed E-state index contributed by atoms with van der Waals surface area (Å²) in [5, 5.41) is 0. The predicted octanol–water partition coefficient (Wildman–Crippen LogP) is 3.01. The molecule has 6 heteroatoms. The van der Waals surface area contributed by atoms with Crippen molar-refractivity contribution in [3.8, 4) is 5.75 Å². The highest BCUT2D eigenvalue weighted by atomic mass is 16.5. The number of amides is 2. The topological polar surface area (TPSA) is 53.1 Å². The van der Waals surface area contributed by atoms with Crippen molar-refractivity contribution in [1.82, 2.24) is 9.80 Å². The molecule has 1 aromatic carbocycles. The van der Waals surface area contributed by atoms with Gasteiger partial charge in [0.1, 0.15) is 12.4 Å². The summed E-state index contributed by atoms with van der Waals surface area (Å²) in [7, 11) is 5.47. The van der Waals surface area contributed by atoms with Crippen molar-refractivity contribution in [3.05, 3.63) is 23.8 Å². The number of ether oxygens (including phenoxy) is 1. The lowest BCUT2D eigenvalue weighted by Gasteiger charge is -2.36. The minimum Gasteiger partial charge on any atom is -0.489 e. The molecule has 1 fully saturated rings. The summed E-state index contributed by atoms with van der Waals surface area (Å²) in [6.07, 6.45) is 3.78. The van der Waals surface area contributed by atoms with E-state index < -0.39 is 0 Å². The second-order valence-corrected chi connectivity index (χ2v) is 8.43. The number of anilines is 1. The Bertz CT molecular complexity index is 743. The van der Waals surface area contributed by atoms with E-state index in [2.05, 4.69) is 18.7 Å². The molecule has 3 rings (SSSR count). The zero-order valence-corrected chi connectivity index (χ0v) is 17.8. The van der Waals surface area contributed by atoms with Gasteiger partial charge in [0.25, 0.3) is 5.91 Å². The van der Waals surface area contributed by atoms with E-state index in [1.165, 1.54) is 0 Å². The number of fused-ring (bicyclic) bond motifs is 1. The average molecular weight is 388 g/mol. The number of hydrogen-bond acceptors (Lipinski definition) is 4. The maximum Gasteiger partial charge on any atom is 0.253 e. The van der Waals surface area contributed by atoms with Crippen LogP contribution in [0.4, 0.5) is 5.69 Å². The van der Waals surface area contributed by atoms with E-state index in [1.54, 1.807) is 25.1 Å². The average Bonchev–Trinajstić information content (AvgIpc) is 3.14. The summed E-state index contributed by atoms with van der Waals surface area (Å²) in [4.78, 5) is 30.9. The SMILES string of the molecule is CCC1(CC)CCN(C(=O)C[C@H]2COc3ccc(C(=O)N(C)C)cc3N2C)C1. The fourth-order valence-corrected chi connectivity index (χ4v) is 4.30. The second kappa shape index (κ2) is 8.02. The van der Waals surface area contributed by atoms with Gasteiger partial charge in [-0.15, -0.1) is 0 Å². The largest absolute Gasteiger partial charge is 0.489 e. The number of benzene rings is 1. The van der Waals surface area contributed by atoms with Crippen molar-refractivity contribution in [3.63, 3.8) is 0 Å². The Hall–Kier alpha value is -2.24. The molecule has 0 aromatic heterocycles. The predicted molar refractivity (Wildman–Crippen MR) is 111 cm³/mol. The first-order valence-corrected chi connectivity index (χ1v) is 10.3. The van der Waals surface area contributed by atoms with Crippen LogP contribution < -0.4 is 9.64 Å². The first kappa shape index (κ1) is 20.5. The molecule has 0 spiro atoms. The van der Waals surface area contributed by atoms with Gasteiger partial charge < -0.3 is 19.4 Å². The molecule has 1 saturated heterocycles. The van der Waals surface area contributed by atoms with Gasteiger partial charge in [0, 0.05) is 39.8 Å². The Morgan fingerprint density at radius 1 is 1.25 bits per heavy atom. The summed E-state index contributed by atoms with van der Waals surface area (Å²) in [5.41, 5.74) is 1.79. The molecule has 0 radical (unpaired) electrons. The van der Waals surface area contributed by atoms with Crippen LogP contribution in [0, 0.1) is 5.41 Å². The first-order valence-electron chi connectivity index (χ1n) is 10.3. The van der Waals surface area contributed by atoms with Crippen LogP contribution in [0.1, 0.15) is 49.9 Å². The highest BCUT2D eigenvalue weighted by Gasteiger charge is 2.38. The van der Waals surface area contributed by atoms with E-state index in [-0.39, 0.29) is 17.9 Å². The molecule has 1 aromatic rings. The maximum atomic E-state index is 12.9. The standard InChI is InChI=1S/C22H33N3O3/c1-6-22(7-2)10-11-25(15-22)20(26)13-17-14-28-19-9-8-16(21(27)23(3)4)12-18(19)24(17)5/h8-9,12,17H,6-7,10-11,13-15H2,1-5H3/t17-/m0/s1. The van der Waals surface area contributed by atoms with Crippen LogP contribution in [-0.2, 0) is 4.79 Å². The van der Waals surface area contributed by atoms with E-state index in [9.17, 15) is 9.59 Å². The lowest BCUT2D eigenvalue weighted by molar-refractivity contribution is -0.131. The van der Waals surface area contributed by atoms with Crippen LogP contribution in [-0.4, -0.2) is 68.5 Å². The second-order valence-electron chi connectivity index (χ2n) is 8.43. The lowest BCUT2D eigenvalue weighted by atomic mass is 9.82. The number of likely N-dealkylation sites (tertiary alicyclic amines) is 1. The molecule has 1 atom stereocenters. The first-order chi connectivity index (χ1) is 13.3. The van der Waals surface area contributed by atoms with Crippen molar-refractivity contribution in [2.75, 3.05) is 45.7 Å². The molecule has 2 aliphatic heterocycles. The molecule has 0 aliphatic carbocycles. The van der Waals surface area contributed by atoms with E-state index in [0.29, 0.717) is 24.0 Å². The smallest absolute Gasteiger partial charge is 0.253 e.